The first-order chi connectivity index (χ1) is 10.9. The summed E-state index contributed by atoms with van der Waals surface area (Å²) >= 11 is 3.73. The van der Waals surface area contributed by atoms with Crippen molar-refractivity contribution in [2.24, 2.45) is 0 Å². The molecule has 0 aliphatic heterocycles. The Balaban J connectivity index is 0.00000192. The van der Waals surface area contributed by atoms with Crippen LogP contribution >= 0.6 is 0 Å². The summed E-state index contributed by atoms with van der Waals surface area (Å²) < 4.78 is 0. The van der Waals surface area contributed by atoms with Gasteiger partial charge in [0, 0.05) is 11.8 Å². The standard InChI is InChI=1S/C21H20S.BrH/c22-17-16-21(18-10-4-1-5-11-18,19-12-6-2-7-13-19)20-14-8-3-9-15-20;/h1-15,22H,16-17H2;1H. The molecule has 3 aromatic rings. The Morgan fingerprint density at radius 1 is 0.565 bits per heavy atom. The van der Waals surface area contributed by atoms with Crippen molar-refractivity contribution in [3.8, 4) is 0 Å². The highest BCUT2D eigenvalue weighted by molar-refractivity contribution is 7.58. The van der Waals surface area contributed by atoms with Crippen LogP contribution in [0.3, 0.4) is 0 Å². The van der Waals surface area contributed by atoms with Crippen molar-refractivity contribution in [3.05, 3.63) is 108 Å². The summed E-state index contributed by atoms with van der Waals surface area (Å²) in [6.07, 6.45) is 1.02. The quantitative estimate of drug-likeness (QED) is 0.461. The third-order valence-electron chi connectivity index (χ3n) is 4.30. The van der Waals surface area contributed by atoms with E-state index in [0.717, 1.165) is 12.2 Å². The van der Waals surface area contributed by atoms with Gasteiger partial charge in [0.25, 0.3) is 0 Å². The molecular formula is C21H21BrS. The lowest BCUT2D eigenvalue weighted by atomic mass is 9.68. The van der Waals surface area contributed by atoms with Gasteiger partial charge in [-0.3, -0.25) is 0 Å². The van der Waals surface area contributed by atoms with Crippen LogP contribution in [0.25, 0.3) is 0 Å². The topological polar surface area (TPSA) is 0 Å². The normalized spacial score (nSPS) is 10.8. The Morgan fingerprint density at radius 3 is 1.13 bits per heavy atom. The summed E-state index contributed by atoms with van der Waals surface area (Å²) in [4.78, 5) is 0. The van der Waals surface area contributed by atoms with Gasteiger partial charge in [-0.2, -0.15) is 0 Å². The monoisotopic (exact) mass is 384 g/mol. The smallest absolute Gasteiger partial charge is 0.105 e. The molecular weight excluding hydrogens is 364 g/mol. The van der Waals surface area contributed by atoms with Gasteiger partial charge in [-0.15, -0.1) is 0 Å². The van der Waals surface area contributed by atoms with E-state index in [1.165, 1.54) is 16.7 Å². The Kier molecular flexibility index (Phi) is 6.49. The molecule has 23 heavy (non-hydrogen) atoms. The van der Waals surface area contributed by atoms with Crippen LogP contribution in [0.1, 0.15) is 23.1 Å². The lowest BCUT2D eigenvalue weighted by Gasteiger charge is -2.35. The van der Waals surface area contributed by atoms with E-state index in [9.17, 15) is 0 Å². The molecule has 0 heterocycles. The molecule has 0 aliphatic carbocycles. The van der Waals surface area contributed by atoms with Crippen molar-refractivity contribution < 1.29 is 17.0 Å². The van der Waals surface area contributed by atoms with Gasteiger partial charge in [-0.25, -0.2) is 0 Å². The van der Waals surface area contributed by atoms with Crippen LogP contribution in [-0.2, 0) is 18.0 Å². The molecule has 0 aliphatic rings. The van der Waals surface area contributed by atoms with Crippen LogP contribution in [-0.4, -0.2) is 5.75 Å². The molecule has 0 aromatic heterocycles. The molecule has 0 spiro atoms. The number of benzene rings is 3. The van der Waals surface area contributed by atoms with E-state index < -0.39 is 0 Å². The van der Waals surface area contributed by atoms with Gasteiger partial charge in [0.1, 0.15) is 5.75 Å². The van der Waals surface area contributed by atoms with Gasteiger partial charge < -0.3 is 17.0 Å². The fourth-order valence-corrected chi connectivity index (χ4v) is 3.66. The van der Waals surface area contributed by atoms with Crippen LogP contribution in [0.15, 0.2) is 91.0 Å². The lowest BCUT2D eigenvalue weighted by molar-refractivity contribution is -0.00000422. The first-order valence-corrected chi connectivity index (χ1v) is 8.40. The van der Waals surface area contributed by atoms with E-state index in [1.807, 2.05) is 0 Å². The zero-order valence-corrected chi connectivity index (χ0v) is 15.5. The van der Waals surface area contributed by atoms with E-state index in [2.05, 4.69) is 104 Å². The van der Waals surface area contributed by atoms with E-state index in [4.69, 9.17) is 0 Å². The number of hydrogen-bond acceptors (Lipinski definition) is 0. The molecule has 2 heteroatoms. The van der Waals surface area contributed by atoms with Crippen molar-refractivity contribution in [1.82, 2.24) is 0 Å². The second kappa shape index (κ2) is 8.37. The SMILES string of the molecule is [Br-].[SH2+]CCC(c1ccccc1)(c1ccccc1)c1ccccc1. The fourth-order valence-electron chi connectivity index (χ4n) is 3.29. The largest absolute Gasteiger partial charge is 1.00 e. The summed E-state index contributed by atoms with van der Waals surface area (Å²) in [5, 5.41) is 0. The van der Waals surface area contributed by atoms with E-state index in [0.29, 0.717) is 0 Å². The Hall–Kier alpha value is -1.51. The lowest BCUT2D eigenvalue weighted by Crippen LogP contribution is -3.00. The minimum Gasteiger partial charge on any atom is -1.00 e. The molecule has 0 bridgehead atoms. The maximum absolute atomic E-state index is 3.73. The van der Waals surface area contributed by atoms with Crippen LogP contribution in [0.5, 0.6) is 0 Å². The molecule has 3 aromatic carbocycles. The first-order valence-electron chi connectivity index (χ1n) is 7.69. The molecule has 0 N–H and O–H groups in total. The van der Waals surface area contributed by atoms with Gasteiger partial charge in [0.2, 0.25) is 0 Å². The summed E-state index contributed by atoms with van der Waals surface area (Å²) in [6, 6.07) is 32.4. The van der Waals surface area contributed by atoms with Crippen molar-refractivity contribution in [2.75, 3.05) is 5.75 Å². The molecule has 0 atom stereocenters. The molecule has 0 radical (unpaired) electrons. The number of hydrogen-bond donors (Lipinski definition) is 0. The average molecular weight is 385 g/mol. The maximum Gasteiger partial charge on any atom is 0.105 e. The average Bonchev–Trinajstić information content (AvgIpc) is 2.62. The molecule has 0 saturated heterocycles. The third-order valence-corrected chi connectivity index (χ3v) is 4.55. The molecule has 0 unspecified atom stereocenters. The van der Waals surface area contributed by atoms with Crippen molar-refractivity contribution in [2.45, 2.75) is 11.8 Å². The van der Waals surface area contributed by atoms with Crippen LogP contribution in [0.2, 0.25) is 0 Å². The molecule has 0 saturated carbocycles. The van der Waals surface area contributed by atoms with Gasteiger partial charge in [-0.05, 0) is 29.3 Å². The van der Waals surface area contributed by atoms with Crippen LogP contribution in [0.4, 0.5) is 0 Å². The summed E-state index contributed by atoms with van der Waals surface area (Å²) in [7, 11) is 0. The highest BCUT2D eigenvalue weighted by Gasteiger charge is 2.36. The molecule has 0 nitrogen and oxygen atoms in total. The van der Waals surface area contributed by atoms with E-state index in [-0.39, 0.29) is 22.4 Å². The minimum atomic E-state index is -0.120. The molecule has 3 rings (SSSR count). The second-order valence-electron chi connectivity index (χ2n) is 5.50. The van der Waals surface area contributed by atoms with E-state index >= 15 is 0 Å². The van der Waals surface area contributed by atoms with Gasteiger partial charge >= 0.3 is 0 Å². The van der Waals surface area contributed by atoms with Crippen LogP contribution < -0.4 is 17.0 Å². The Labute approximate surface area is 154 Å². The summed E-state index contributed by atoms with van der Waals surface area (Å²) in [6.45, 7) is 0. The highest BCUT2D eigenvalue weighted by atomic mass is 79.9. The maximum atomic E-state index is 3.73. The Morgan fingerprint density at radius 2 is 0.870 bits per heavy atom. The highest BCUT2D eigenvalue weighted by Crippen LogP contribution is 2.41. The summed E-state index contributed by atoms with van der Waals surface area (Å²) in [5.74, 6) is 0.943. The molecule has 0 fully saturated rings. The number of rotatable bonds is 5. The van der Waals surface area contributed by atoms with Crippen molar-refractivity contribution in [3.63, 3.8) is 0 Å². The molecule has 118 valence electrons. The van der Waals surface area contributed by atoms with E-state index in [1.54, 1.807) is 0 Å². The van der Waals surface area contributed by atoms with Gasteiger partial charge in [-0.1, -0.05) is 91.0 Å². The fraction of sp³-hybridized carbons (Fsp3) is 0.143. The van der Waals surface area contributed by atoms with Gasteiger partial charge in [0.15, 0.2) is 0 Å². The van der Waals surface area contributed by atoms with Crippen molar-refractivity contribution >= 4 is 12.6 Å². The number of halogens is 1. The summed E-state index contributed by atoms with van der Waals surface area (Å²) in [5.41, 5.74) is 3.90. The minimum absolute atomic E-state index is 0. The van der Waals surface area contributed by atoms with Crippen molar-refractivity contribution in [1.29, 1.82) is 0 Å². The Bertz CT molecular complexity index is 599. The predicted octanol–water partition coefficient (Wildman–Crippen LogP) is 1.43. The zero-order valence-electron chi connectivity index (χ0n) is 13.0. The van der Waals surface area contributed by atoms with Gasteiger partial charge in [0.05, 0.1) is 0 Å². The predicted molar refractivity (Wildman–Crippen MR) is 98.8 cm³/mol. The third kappa shape index (κ3) is 3.54. The zero-order chi connectivity index (χ0) is 15.3. The first kappa shape index (κ1) is 17.8. The van der Waals surface area contributed by atoms with Crippen LogP contribution in [0, 0.1) is 0 Å². The second-order valence-corrected chi connectivity index (χ2v) is 6.00. The molecule has 0 amide bonds.